The van der Waals surface area contributed by atoms with Gasteiger partial charge >= 0.3 is 0 Å². The van der Waals surface area contributed by atoms with Gasteiger partial charge in [-0.2, -0.15) is 5.26 Å². The summed E-state index contributed by atoms with van der Waals surface area (Å²) in [6.45, 7) is 4.43. The minimum atomic E-state index is -0.115. The van der Waals surface area contributed by atoms with Gasteiger partial charge in [-0.05, 0) is 60.8 Å². The minimum absolute atomic E-state index is 0.0742. The quantitative estimate of drug-likeness (QED) is 0.629. The Morgan fingerprint density at radius 1 is 1.17 bits per heavy atom. The number of hydrogen-bond acceptors (Lipinski definition) is 3. The molecule has 0 spiro atoms. The molecule has 3 fully saturated rings. The lowest BCUT2D eigenvalue weighted by Gasteiger charge is -2.56. The van der Waals surface area contributed by atoms with Crippen molar-refractivity contribution < 1.29 is 9.59 Å². The number of carbonyl (C=O) groups is 2. The Labute approximate surface area is 143 Å². The molecule has 0 saturated heterocycles. The smallest absolute Gasteiger partial charge is 0.155 e. The molecule has 4 rings (SSSR count). The second-order valence-electron chi connectivity index (χ2n) is 8.74. The van der Waals surface area contributed by atoms with Gasteiger partial charge in [0.15, 0.2) is 5.78 Å². The van der Waals surface area contributed by atoms with Gasteiger partial charge in [-0.15, -0.1) is 0 Å². The summed E-state index contributed by atoms with van der Waals surface area (Å²) >= 11 is 0. The van der Waals surface area contributed by atoms with Gasteiger partial charge < -0.3 is 0 Å². The first-order valence-electron chi connectivity index (χ1n) is 9.26. The van der Waals surface area contributed by atoms with Crippen molar-refractivity contribution in [1.82, 2.24) is 0 Å². The van der Waals surface area contributed by atoms with E-state index in [2.05, 4.69) is 19.9 Å². The Balaban J connectivity index is 1.76. The Hall–Kier alpha value is -1.69. The van der Waals surface area contributed by atoms with Crippen LogP contribution in [0.1, 0.15) is 58.8 Å². The predicted molar refractivity (Wildman–Crippen MR) is 90.8 cm³/mol. The molecule has 4 aliphatic carbocycles. The Bertz CT molecular complexity index is 725. The van der Waals surface area contributed by atoms with Gasteiger partial charge in [0.25, 0.3) is 0 Å². The number of nitrogens with zero attached hydrogens (tertiary/aromatic N) is 1. The minimum Gasteiger partial charge on any atom is -0.299 e. The van der Waals surface area contributed by atoms with E-state index in [1.807, 2.05) is 6.08 Å². The zero-order valence-corrected chi connectivity index (χ0v) is 14.6. The molecule has 24 heavy (non-hydrogen) atoms. The van der Waals surface area contributed by atoms with Gasteiger partial charge in [-0.25, -0.2) is 0 Å². The molecule has 0 heterocycles. The molecule has 0 N–H and O–H groups in total. The lowest BCUT2D eigenvalue weighted by molar-refractivity contribution is -0.142. The van der Waals surface area contributed by atoms with Crippen LogP contribution in [0.4, 0.5) is 0 Å². The number of carbonyl (C=O) groups excluding carboxylic acids is 2. The third-order valence-corrected chi connectivity index (χ3v) is 7.74. The van der Waals surface area contributed by atoms with Crippen molar-refractivity contribution in [1.29, 1.82) is 5.26 Å². The molecule has 0 radical (unpaired) electrons. The van der Waals surface area contributed by atoms with Crippen molar-refractivity contribution in [3.05, 3.63) is 23.3 Å². The molecule has 3 saturated carbocycles. The van der Waals surface area contributed by atoms with Crippen LogP contribution in [0, 0.1) is 39.9 Å². The molecule has 3 heteroatoms. The summed E-state index contributed by atoms with van der Waals surface area (Å²) in [6.07, 6.45) is 9.57. The highest BCUT2D eigenvalue weighted by atomic mass is 16.1. The summed E-state index contributed by atoms with van der Waals surface area (Å²) in [5.74, 6) is 1.60. The average Bonchev–Trinajstić information content (AvgIpc) is 2.84. The van der Waals surface area contributed by atoms with Crippen LogP contribution in [0.3, 0.4) is 0 Å². The summed E-state index contributed by atoms with van der Waals surface area (Å²) in [7, 11) is 0. The zero-order chi connectivity index (χ0) is 17.1. The fourth-order valence-electron chi connectivity index (χ4n) is 6.55. The van der Waals surface area contributed by atoms with Crippen LogP contribution in [-0.2, 0) is 9.59 Å². The largest absolute Gasteiger partial charge is 0.299 e. The van der Waals surface area contributed by atoms with Gasteiger partial charge in [0.1, 0.15) is 5.78 Å². The van der Waals surface area contributed by atoms with Gasteiger partial charge in [-0.3, -0.25) is 9.59 Å². The number of Topliss-reactive ketones (excluding diaryl/α,β-unsaturated/α-hetero) is 1. The van der Waals surface area contributed by atoms with Crippen LogP contribution in [0.5, 0.6) is 0 Å². The van der Waals surface area contributed by atoms with E-state index in [-0.39, 0.29) is 22.5 Å². The molecule has 5 atom stereocenters. The lowest BCUT2D eigenvalue weighted by Crippen LogP contribution is -2.54. The molecule has 0 aromatic rings. The molecule has 0 aromatic heterocycles. The second-order valence-corrected chi connectivity index (χ2v) is 8.74. The van der Waals surface area contributed by atoms with Crippen LogP contribution < -0.4 is 0 Å². The van der Waals surface area contributed by atoms with Gasteiger partial charge in [0, 0.05) is 24.8 Å². The summed E-state index contributed by atoms with van der Waals surface area (Å²) in [5, 5.41) is 9.10. The van der Waals surface area contributed by atoms with Crippen molar-refractivity contribution in [2.45, 2.75) is 58.8 Å². The van der Waals surface area contributed by atoms with E-state index < -0.39 is 0 Å². The molecular weight excluding hydrogens is 298 g/mol. The number of hydrogen-bond donors (Lipinski definition) is 0. The van der Waals surface area contributed by atoms with Crippen LogP contribution in [0.2, 0.25) is 0 Å². The van der Waals surface area contributed by atoms with Crippen LogP contribution >= 0.6 is 0 Å². The first kappa shape index (κ1) is 15.8. The highest BCUT2D eigenvalue weighted by molar-refractivity contribution is 5.93. The van der Waals surface area contributed by atoms with Crippen molar-refractivity contribution in [3.8, 4) is 6.07 Å². The maximum absolute atomic E-state index is 13.2. The number of fused-ring (bicyclic) bond motifs is 5. The van der Waals surface area contributed by atoms with E-state index in [1.54, 1.807) is 6.08 Å². The van der Waals surface area contributed by atoms with Crippen molar-refractivity contribution in [2.24, 2.45) is 28.6 Å². The molecule has 5 unspecified atom stereocenters. The normalized spacial score (nSPS) is 46.0. The van der Waals surface area contributed by atoms with Gasteiger partial charge in [0.2, 0.25) is 0 Å². The predicted octanol–water partition coefficient (Wildman–Crippen LogP) is 4.15. The first-order valence-corrected chi connectivity index (χ1v) is 9.26. The Morgan fingerprint density at radius 2 is 1.96 bits per heavy atom. The maximum Gasteiger partial charge on any atom is 0.155 e. The average molecular weight is 323 g/mol. The third-order valence-electron chi connectivity index (χ3n) is 7.74. The molecule has 4 aliphatic rings. The maximum atomic E-state index is 13.2. The van der Waals surface area contributed by atoms with Crippen molar-refractivity contribution in [2.75, 3.05) is 0 Å². The molecule has 0 aliphatic heterocycles. The fraction of sp³-hybridized carbons (Fsp3) is 0.667. The van der Waals surface area contributed by atoms with Crippen LogP contribution in [-0.4, -0.2) is 11.6 Å². The molecule has 0 aromatic carbocycles. The summed E-state index contributed by atoms with van der Waals surface area (Å²) in [4.78, 5) is 25.1. The molecule has 0 amide bonds. The van der Waals surface area contributed by atoms with E-state index >= 15 is 0 Å². The SMILES string of the molecule is CC12CC(=O)C3C(CCC4=CC(=O)CCC43C)C1CCC2=CC#N. The van der Waals surface area contributed by atoms with E-state index in [9.17, 15) is 9.59 Å². The fourth-order valence-corrected chi connectivity index (χ4v) is 6.55. The van der Waals surface area contributed by atoms with Crippen molar-refractivity contribution >= 4 is 11.6 Å². The Morgan fingerprint density at radius 3 is 2.71 bits per heavy atom. The van der Waals surface area contributed by atoms with Crippen LogP contribution in [0.15, 0.2) is 23.3 Å². The molecular formula is C21H25NO2. The third kappa shape index (κ3) is 1.95. The van der Waals surface area contributed by atoms with Gasteiger partial charge in [0.05, 0.1) is 6.07 Å². The zero-order valence-electron chi connectivity index (χ0n) is 14.6. The topological polar surface area (TPSA) is 57.9 Å². The lowest BCUT2D eigenvalue weighted by atomic mass is 9.47. The molecule has 126 valence electrons. The van der Waals surface area contributed by atoms with E-state index in [1.165, 1.54) is 11.1 Å². The van der Waals surface area contributed by atoms with E-state index in [0.29, 0.717) is 30.5 Å². The summed E-state index contributed by atoms with van der Waals surface area (Å²) in [5.41, 5.74) is 2.18. The van der Waals surface area contributed by atoms with E-state index in [0.717, 1.165) is 32.1 Å². The Kier molecular flexibility index (Phi) is 3.39. The number of allylic oxidation sites excluding steroid dienone is 3. The number of rotatable bonds is 0. The molecule has 3 nitrogen and oxygen atoms in total. The standard InChI is InChI=1S/C21H25NO2/c1-20-9-7-15(23)11-14(20)3-5-16-17-6-4-13(8-10-22)21(17,2)12-18(24)19(16)20/h8,11,16-17,19H,3-7,9,12H2,1-2H3. The van der Waals surface area contributed by atoms with Crippen LogP contribution in [0.25, 0.3) is 0 Å². The number of nitriles is 1. The van der Waals surface area contributed by atoms with Gasteiger partial charge in [-0.1, -0.05) is 25.0 Å². The second kappa shape index (κ2) is 5.15. The number of ketones is 2. The van der Waals surface area contributed by atoms with E-state index in [4.69, 9.17) is 5.26 Å². The molecule has 0 bridgehead atoms. The summed E-state index contributed by atoms with van der Waals surface area (Å²) < 4.78 is 0. The van der Waals surface area contributed by atoms with Crippen molar-refractivity contribution in [3.63, 3.8) is 0 Å². The monoisotopic (exact) mass is 323 g/mol. The highest BCUT2D eigenvalue weighted by Gasteiger charge is 2.60. The highest BCUT2D eigenvalue weighted by Crippen LogP contribution is 2.65. The summed E-state index contributed by atoms with van der Waals surface area (Å²) in [6, 6.07) is 2.19. The first-order chi connectivity index (χ1) is 11.4.